The van der Waals surface area contributed by atoms with Crippen LogP contribution in [0.1, 0.15) is 34.5 Å². The molecule has 0 spiro atoms. The van der Waals surface area contributed by atoms with E-state index in [9.17, 15) is 4.79 Å². The van der Waals surface area contributed by atoms with Crippen molar-refractivity contribution in [1.29, 1.82) is 0 Å². The predicted molar refractivity (Wildman–Crippen MR) is 109 cm³/mol. The van der Waals surface area contributed by atoms with E-state index in [1.54, 1.807) is 11.3 Å². The highest BCUT2D eigenvalue weighted by atomic mass is 32.1. The van der Waals surface area contributed by atoms with Crippen molar-refractivity contribution in [3.05, 3.63) is 64.7 Å². The molecule has 140 valence electrons. The van der Waals surface area contributed by atoms with E-state index < -0.39 is 0 Å². The molecule has 0 atom stereocenters. The van der Waals surface area contributed by atoms with Gasteiger partial charge in [-0.15, -0.1) is 11.3 Å². The van der Waals surface area contributed by atoms with Crippen LogP contribution in [0.4, 0.5) is 0 Å². The van der Waals surface area contributed by atoms with Gasteiger partial charge in [-0.1, -0.05) is 30.3 Å². The Labute approximate surface area is 163 Å². The Morgan fingerprint density at radius 1 is 1.26 bits per heavy atom. The fourth-order valence-corrected chi connectivity index (χ4v) is 4.21. The summed E-state index contributed by atoms with van der Waals surface area (Å²) >= 11 is 1.63. The summed E-state index contributed by atoms with van der Waals surface area (Å²) in [5, 5.41) is 12.3. The number of aromatic nitrogens is 2. The number of hydrogen-bond donors (Lipinski definition) is 2. The molecule has 1 aliphatic rings. The Balaban J connectivity index is 1.29. The van der Waals surface area contributed by atoms with E-state index in [1.165, 1.54) is 11.1 Å². The lowest BCUT2D eigenvalue weighted by atomic mass is 10.0. The maximum absolute atomic E-state index is 12.5. The summed E-state index contributed by atoms with van der Waals surface area (Å²) in [5.41, 5.74) is 4.08. The Morgan fingerprint density at radius 3 is 2.81 bits per heavy atom. The molecule has 0 aliphatic carbocycles. The smallest absolute Gasteiger partial charge is 0.272 e. The molecule has 1 amide bonds. The van der Waals surface area contributed by atoms with Crippen molar-refractivity contribution >= 4 is 17.2 Å². The van der Waals surface area contributed by atoms with Gasteiger partial charge in [-0.2, -0.15) is 5.10 Å². The molecule has 5 nitrogen and oxygen atoms in total. The molecule has 2 N–H and O–H groups in total. The van der Waals surface area contributed by atoms with E-state index in [0.29, 0.717) is 5.69 Å². The van der Waals surface area contributed by atoms with Gasteiger partial charge in [0.1, 0.15) is 0 Å². The van der Waals surface area contributed by atoms with Gasteiger partial charge in [0.2, 0.25) is 0 Å². The van der Waals surface area contributed by atoms with Crippen LogP contribution in [0.15, 0.2) is 47.8 Å². The first-order valence-electron chi connectivity index (χ1n) is 9.36. The summed E-state index contributed by atoms with van der Waals surface area (Å²) in [5.74, 6) is -0.0913. The molecule has 4 rings (SSSR count). The molecule has 27 heavy (non-hydrogen) atoms. The van der Waals surface area contributed by atoms with Crippen LogP contribution in [0.2, 0.25) is 0 Å². The van der Waals surface area contributed by atoms with Gasteiger partial charge in [0.15, 0.2) is 5.69 Å². The Morgan fingerprint density at radius 2 is 2.07 bits per heavy atom. The van der Waals surface area contributed by atoms with Crippen LogP contribution in [0.25, 0.3) is 10.6 Å². The summed E-state index contributed by atoms with van der Waals surface area (Å²) in [6.45, 7) is 5.15. The minimum absolute atomic E-state index is 0.0913. The van der Waals surface area contributed by atoms with Crippen molar-refractivity contribution < 1.29 is 4.79 Å². The maximum atomic E-state index is 12.5. The van der Waals surface area contributed by atoms with Gasteiger partial charge in [-0.25, -0.2) is 0 Å². The predicted octanol–water partition coefficient (Wildman–Crippen LogP) is 3.84. The molecule has 3 heterocycles. The number of H-pyrrole nitrogens is 1. The molecule has 0 bridgehead atoms. The third-order valence-corrected chi connectivity index (χ3v) is 6.08. The number of likely N-dealkylation sites (tertiary alicyclic amines) is 1. The highest BCUT2D eigenvalue weighted by molar-refractivity contribution is 7.13. The number of piperidine rings is 1. The number of nitrogens with zero attached hydrogens (tertiary/aromatic N) is 2. The molecule has 1 aromatic carbocycles. The second kappa shape index (κ2) is 8.06. The summed E-state index contributed by atoms with van der Waals surface area (Å²) in [6, 6.07) is 14.6. The number of aromatic amines is 1. The van der Waals surface area contributed by atoms with E-state index >= 15 is 0 Å². The third-order valence-electron chi connectivity index (χ3n) is 5.18. The number of carbonyl (C=O) groups is 1. The van der Waals surface area contributed by atoms with E-state index in [2.05, 4.69) is 51.6 Å². The normalized spacial score (nSPS) is 15.7. The summed E-state index contributed by atoms with van der Waals surface area (Å²) in [7, 11) is 0. The highest BCUT2D eigenvalue weighted by Gasteiger charge is 2.22. The first-order valence-corrected chi connectivity index (χ1v) is 10.2. The SMILES string of the molecule is Cc1ccccc1CN1CCC(NC(=O)c2cc(-c3cccs3)[nH]n2)CC1. The zero-order valence-electron chi connectivity index (χ0n) is 15.4. The van der Waals surface area contributed by atoms with E-state index in [4.69, 9.17) is 0 Å². The molecule has 0 radical (unpaired) electrons. The molecule has 0 saturated carbocycles. The second-order valence-corrected chi connectivity index (χ2v) is 8.04. The summed E-state index contributed by atoms with van der Waals surface area (Å²) in [4.78, 5) is 16.1. The number of hydrogen-bond acceptors (Lipinski definition) is 4. The van der Waals surface area contributed by atoms with Crippen LogP contribution in [-0.2, 0) is 6.54 Å². The van der Waals surface area contributed by atoms with Gasteiger partial charge in [-0.05, 0) is 48.4 Å². The van der Waals surface area contributed by atoms with E-state index in [-0.39, 0.29) is 11.9 Å². The highest BCUT2D eigenvalue weighted by Crippen LogP contribution is 2.23. The van der Waals surface area contributed by atoms with Crippen molar-refractivity contribution in [2.45, 2.75) is 32.4 Å². The standard InChI is InChI=1S/C21H24N4OS/c1-15-5-2-3-6-16(15)14-25-10-8-17(9-11-25)22-21(26)19-13-18(23-24-19)20-7-4-12-27-20/h2-7,12-13,17H,8-11,14H2,1H3,(H,22,26)(H,23,24). The minimum atomic E-state index is -0.0913. The number of nitrogens with one attached hydrogen (secondary N) is 2. The Kier molecular flexibility index (Phi) is 5.36. The summed E-state index contributed by atoms with van der Waals surface area (Å²) in [6.07, 6.45) is 1.94. The number of thiophene rings is 1. The number of carbonyl (C=O) groups excluding carboxylic acids is 1. The first kappa shape index (κ1) is 17.9. The van der Waals surface area contributed by atoms with Crippen LogP contribution in [0.5, 0.6) is 0 Å². The largest absolute Gasteiger partial charge is 0.348 e. The van der Waals surface area contributed by atoms with E-state index in [1.807, 2.05) is 23.6 Å². The van der Waals surface area contributed by atoms with Gasteiger partial charge in [0.05, 0.1) is 10.6 Å². The van der Waals surface area contributed by atoms with E-state index in [0.717, 1.165) is 43.0 Å². The van der Waals surface area contributed by atoms with Crippen LogP contribution in [0, 0.1) is 6.92 Å². The summed E-state index contributed by atoms with van der Waals surface area (Å²) < 4.78 is 0. The molecule has 3 aromatic rings. The number of rotatable bonds is 5. The fraction of sp³-hybridized carbons (Fsp3) is 0.333. The Hall–Kier alpha value is -2.44. The zero-order valence-corrected chi connectivity index (χ0v) is 16.3. The zero-order chi connectivity index (χ0) is 18.6. The fourth-order valence-electron chi connectivity index (χ4n) is 3.52. The molecule has 6 heteroatoms. The van der Waals surface area contributed by atoms with Crippen molar-refractivity contribution in [2.75, 3.05) is 13.1 Å². The van der Waals surface area contributed by atoms with Gasteiger partial charge < -0.3 is 5.32 Å². The van der Waals surface area contributed by atoms with Crippen LogP contribution in [0.3, 0.4) is 0 Å². The molecular weight excluding hydrogens is 356 g/mol. The first-order chi connectivity index (χ1) is 13.2. The van der Waals surface area contributed by atoms with Gasteiger partial charge in [0.25, 0.3) is 5.91 Å². The molecule has 1 aliphatic heterocycles. The minimum Gasteiger partial charge on any atom is -0.348 e. The molecule has 2 aromatic heterocycles. The van der Waals surface area contributed by atoms with Crippen LogP contribution < -0.4 is 5.32 Å². The molecule has 1 saturated heterocycles. The maximum Gasteiger partial charge on any atom is 0.272 e. The number of amides is 1. The number of benzene rings is 1. The monoisotopic (exact) mass is 380 g/mol. The lowest BCUT2D eigenvalue weighted by Crippen LogP contribution is -2.44. The van der Waals surface area contributed by atoms with Gasteiger partial charge in [-0.3, -0.25) is 14.8 Å². The molecule has 0 unspecified atom stereocenters. The van der Waals surface area contributed by atoms with Gasteiger partial charge in [0, 0.05) is 25.7 Å². The molecular formula is C21H24N4OS. The molecule has 1 fully saturated rings. The van der Waals surface area contributed by atoms with Crippen molar-refractivity contribution in [3.63, 3.8) is 0 Å². The van der Waals surface area contributed by atoms with Gasteiger partial charge >= 0.3 is 0 Å². The van der Waals surface area contributed by atoms with Crippen molar-refractivity contribution in [1.82, 2.24) is 20.4 Å². The van der Waals surface area contributed by atoms with Crippen LogP contribution >= 0.6 is 11.3 Å². The van der Waals surface area contributed by atoms with Crippen molar-refractivity contribution in [2.24, 2.45) is 0 Å². The lowest BCUT2D eigenvalue weighted by Gasteiger charge is -2.32. The lowest BCUT2D eigenvalue weighted by molar-refractivity contribution is 0.0904. The van der Waals surface area contributed by atoms with Crippen molar-refractivity contribution in [3.8, 4) is 10.6 Å². The number of aryl methyl sites for hydroxylation is 1. The average Bonchev–Trinajstić information content (AvgIpc) is 3.36. The van der Waals surface area contributed by atoms with Crippen LogP contribution in [-0.4, -0.2) is 40.1 Å². The Bertz CT molecular complexity index is 895. The second-order valence-electron chi connectivity index (χ2n) is 7.09. The quantitative estimate of drug-likeness (QED) is 0.707. The topological polar surface area (TPSA) is 61.0 Å². The third kappa shape index (κ3) is 4.28. The average molecular weight is 381 g/mol.